The van der Waals surface area contributed by atoms with Gasteiger partial charge in [-0.15, -0.1) is 0 Å². The van der Waals surface area contributed by atoms with Gasteiger partial charge in [-0.3, -0.25) is 9.79 Å². The predicted molar refractivity (Wildman–Crippen MR) is 110 cm³/mol. The minimum atomic E-state index is -0.107. The minimum absolute atomic E-state index is 0.0254. The maximum absolute atomic E-state index is 11.1. The first-order valence-electron chi connectivity index (χ1n) is 9.31. The van der Waals surface area contributed by atoms with Crippen LogP contribution in [0, 0.1) is 5.41 Å². The molecule has 1 atom stereocenters. The largest absolute Gasteiger partial charge is 0.492 e. The molecule has 0 fully saturated rings. The summed E-state index contributed by atoms with van der Waals surface area (Å²) in [5.74, 6) is 1.33. The number of hydrogen-bond acceptors (Lipinski definition) is 4. The molecule has 0 saturated carbocycles. The summed E-state index contributed by atoms with van der Waals surface area (Å²) < 4.78 is 11.3. The van der Waals surface area contributed by atoms with Gasteiger partial charge in [0.2, 0.25) is 5.91 Å². The first kappa shape index (κ1) is 22.8. The number of hydrogen-bond donors (Lipinski definition) is 3. The highest BCUT2D eigenvalue weighted by molar-refractivity contribution is 5.88. The van der Waals surface area contributed by atoms with Crippen molar-refractivity contribution in [1.82, 2.24) is 10.6 Å². The van der Waals surface area contributed by atoms with Crippen LogP contribution in [0.5, 0.6) is 5.75 Å². The Morgan fingerprint density at radius 3 is 2.59 bits per heavy atom. The molecule has 0 heterocycles. The van der Waals surface area contributed by atoms with Crippen molar-refractivity contribution in [2.75, 3.05) is 38.7 Å². The highest BCUT2D eigenvalue weighted by atomic mass is 16.5. The lowest BCUT2D eigenvalue weighted by Crippen LogP contribution is -2.41. The molecule has 0 aliphatic rings. The third kappa shape index (κ3) is 9.28. The standard InChI is InChI=1S/C20H34N4O3/c1-7-21-19(23-14-18(26-6)20(3,4)5)22-11-12-27-17-10-8-9-16(13-17)24-15(2)25/h8-10,13,18H,7,11-12,14H2,1-6H3,(H,24,25)(H2,21,22,23). The second-order valence-electron chi connectivity index (χ2n) is 7.29. The van der Waals surface area contributed by atoms with E-state index in [0.29, 0.717) is 25.4 Å². The fraction of sp³-hybridized carbons (Fsp3) is 0.600. The molecule has 152 valence electrons. The second-order valence-corrected chi connectivity index (χ2v) is 7.29. The highest BCUT2D eigenvalue weighted by Gasteiger charge is 2.24. The van der Waals surface area contributed by atoms with Gasteiger partial charge in [0, 0.05) is 32.3 Å². The van der Waals surface area contributed by atoms with Crippen LogP contribution in [-0.4, -0.2) is 51.3 Å². The molecule has 7 nitrogen and oxygen atoms in total. The fourth-order valence-corrected chi connectivity index (χ4v) is 2.42. The number of nitrogens with one attached hydrogen (secondary N) is 3. The van der Waals surface area contributed by atoms with Gasteiger partial charge < -0.3 is 25.4 Å². The van der Waals surface area contributed by atoms with Crippen LogP contribution in [-0.2, 0) is 9.53 Å². The van der Waals surface area contributed by atoms with E-state index >= 15 is 0 Å². The summed E-state index contributed by atoms with van der Waals surface area (Å²) >= 11 is 0. The molecular weight excluding hydrogens is 344 g/mol. The van der Waals surface area contributed by atoms with E-state index in [2.05, 4.69) is 41.7 Å². The van der Waals surface area contributed by atoms with E-state index in [4.69, 9.17) is 9.47 Å². The highest BCUT2D eigenvalue weighted by Crippen LogP contribution is 2.21. The van der Waals surface area contributed by atoms with Crippen LogP contribution in [0.25, 0.3) is 0 Å². The minimum Gasteiger partial charge on any atom is -0.492 e. The third-order valence-electron chi connectivity index (χ3n) is 3.83. The molecule has 27 heavy (non-hydrogen) atoms. The zero-order chi connectivity index (χ0) is 20.3. The average Bonchev–Trinajstić information content (AvgIpc) is 2.57. The molecule has 0 aliphatic carbocycles. The normalized spacial score (nSPS) is 13.0. The first-order chi connectivity index (χ1) is 12.8. The van der Waals surface area contributed by atoms with E-state index < -0.39 is 0 Å². The number of carbonyl (C=O) groups excluding carboxylic acids is 1. The lowest BCUT2D eigenvalue weighted by atomic mass is 9.89. The topological polar surface area (TPSA) is 84.0 Å². The Morgan fingerprint density at radius 2 is 2.00 bits per heavy atom. The van der Waals surface area contributed by atoms with Crippen molar-refractivity contribution in [3.63, 3.8) is 0 Å². The van der Waals surface area contributed by atoms with E-state index in [1.54, 1.807) is 13.2 Å². The van der Waals surface area contributed by atoms with E-state index in [0.717, 1.165) is 18.2 Å². The van der Waals surface area contributed by atoms with Gasteiger partial charge >= 0.3 is 0 Å². The molecule has 3 N–H and O–H groups in total. The second kappa shape index (κ2) is 11.4. The molecule has 1 amide bonds. The summed E-state index contributed by atoms with van der Waals surface area (Å²) in [6.07, 6.45) is 0.0423. The van der Waals surface area contributed by atoms with Crippen molar-refractivity contribution in [2.24, 2.45) is 10.4 Å². The molecule has 0 saturated heterocycles. The van der Waals surface area contributed by atoms with Gasteiger partial charge in [-0.1, -0.05) is 26.8 Å². The van der Waals surface area contributed by atoms with Crippen LogP contribution < -0.4 is 20.7 Å². The fourth-order valence-electron chi connectivity index (χ4n) is 2.42. The summed E-state index contributed by atoms with van der Waals surface area (Å²) in [5.41, 5.74) is 0.744. The number of guanidine groups is 1. The van der Waals surface area contributed by atoms with Crippen molar-refractivity contribution in [2.45, 2.75) is 40.7 Å². The van der Waals surface area contributed by atoms with Gasteiger partial charge in [0.05, 0.1) is 19.2 Å². The van der Waals surface area contributed by atoms with Crippen molar-refractivity contribution < 1.29 is 14.3 Å². The molecule has 1 unspecified atom stereocenters. The Hall–Kier alpha value is -2.28. The Labute approximate surface area is 162 Å². The smallest absolute Gasteiger partial charge is 0.221 e. The van der Waals surface area contributed by atoms with E-state index in [1.807, 2.05) is 25.1 Å². The van der Waals surface area contributed by atoms with Gasteiger partial charge in [-0.25, -0.2) is 0 Å². The van der Waals surface area contributed by atoms with Crippen LogP contribution in [0.3, 0.4) is 0 Å². The Kier molecular flexibility index (Phi) is 9.64. The lowest BCUT2D eigenvalue weighted by molar-refractivity contribution is -0.114. The molecule has 0 spiro atoms. The number of amides is 1. The number of aliphatic imine (C=N–C) groups is 1. The Bertz CT molecular complexity index is 611. The quantitative estimate of drug-likeness (QED) is 0.349. The Morgan fingerprint density at radius 1 is 1.26 bits per heavy atom. The summed E-state index contributed by atoms with van der Waals surface area (Å²) in [4.78, 5) is 15.7. The zero-order valence-electron chi connectivity index (χ0n) is 17.4. The van der Waals surface area contributed by atoms with Gasteiger partial charge in [-0.2, -0.15) is 0 Å². The number of methoxy groups -OCH3 is 1. The number of ether oxygens (including phenoxy) is 2. The number of anilines is 1. The molecule has 1 aromatic rings. The summed E-state index contributed by atoms with van der Waals surface area (Å²) in [6.45, 7) is 12.4. The van der Waals surface area contributed by atoms with Gasteiger partial charge in [0.15, 0.2) is 5.96 Å². The zero-order valence-corrected chi connectivity index (χ0v) is 17.4. The monoisotopic (exact) mass is 378 g/mol. The van der Waals surface area contributed by atoms with Gasteiger partial charge in [0.1, 0.15) is 12.4 Å². The summed E-state index contributed by atoms with van der Waals surface area (Å²) in [5, 5.41) is 9.22. The van der Waals surface area contributed by atoms with Crippen LogP contribution in [0.1, 0.15) is 34.6 Å². The van der Waals surface area contributed by atoms with Gasteiger partial charge in [-0.05, 0) is 24.5 Å². The van der Waals surface area contributed by atoms with Crippen molar-refractivity contribution >= 4 is 17.6 Å². The molecule has 0 bridgehead atoms. The van der Waals surface area contributed by atoms with Crippen molar-refractivity contribution in [1.29, 1.82) is 0 Å². The van der Waals surface area contributed by atoms with E-state index in [-0.39, 0.29) is 17.4 Å². The molecule has 1 rings (SSSR count). The first-order valence-corrected chi connectivity index (χ1v) is 9.31. The van der Waals surface area contributed by atoms with E-state index in [1.165, 1.54) is 6.92 Å². The lowest BCUT2D eigenvalue weighted by Gasteiger charge is -2.28. The van der Waals surface area contributed by atoms with Crippen LogP contribution >= 0.6 is 0 Å². The number of nitrogens with zero attached hydrogens (tertiary/aromatic N) is 1. The van der Waals surface area contributed by atoms with Crippen LogP contribution in [0.4, 0.5) is 5.69 Å². The number of rotatable bonds is 9. The molecule has 0 radical (unpaired) electrons. The van der Waals surface area contributed by atoms with Crippen molar-refractivity contribution in [3.05, 3.63) is 24.3 Å². The van der Waals surface area contributed by atoms with Crippen LogP contribution in [0.2, 0.25) is 0 Å². The van der Waals surface area contributed by atoms with Crippen LogP contribution in [0.15, 0.2) is 29.3 Å². The maximum atomic E-state index is 11.1. The summed E-state index contributed by atoms with van der Waals surface area (Å²) in [6, 6.07) is 7.32. The van der Waals surface area contributed by atoms with Gasteiger partial charge in [0.25, 0.3) is 0 Å². The average molecular weight is 379 g/mol. The molecule has 0 aliphatic heterocycles. The summed E-state index contributed by atoms with van der Waals surface area (Å²) in [7, 11) is 1.72. The Balaban J connectivity index is 2.51. The maximum Gasteiger partial charge on any atom is 0.221 e. The van der Waals surface area contributed by atoms with E-state index in [9.17, 15) is 4.79 Å². The molecule has 0 aromatic heterocycles. The number of carbonyl (C=O) groups is 1. The third-order valence-corrected chi connectivity index (χ3v) is 3.83. The number of benzene rings is 1. The predicted octanol–water partition coefficient (Wildman–Crippen LogP) is 2.64. The molecular formula is C20H34N4O3. The SMILES string of the molecule is CCNC(=NCC(OC)C(C)(C)C)NCCOc1cccc(NC(C)=O)c1. The molecule has 1 aromatic carbocycles. The molecule has 7 heteroatoms. The van der Waals surface area contributed by atoms with Crippen molar-refractivity contribution in [3.8, 4) is 5.75 Å².